The van der Waals surface area contributed by atoms with Crippen LogP contribution in [0.5, 0.6) is 0 Å². The summed E-state index contributed by atoms with van der Waals surface area (Å²) in [6, 6.07) is 10.5. The van der Waals surface area contributed by atoms with Crippen molar-refractivity contribution < 1.29 is 18.3 Å². The van der Waals surface area contributed by atoms with Crippen molar-refractivity contribution in [2.45, 2.75) is 73.3 Å². The molecule has 0 bridgehead atoms. The van der Waals surface area contributed by atoms with Crippen LogP contribution in [0.1, 0.15) is 67.7 Å². The SMILES string of the molecule is O=c1[nH]c(C(CC2CCC(O)CC2)c2ccc(SC3CC3)cc2)ccc1C(F)(F)F. The molecule has 2 aliphatic rings. The minimum atomic E-state index is -4.66. The number of aromatic amines is 1. The maximum atomic E-state index is 13.0. The van der Waals surface area contributed by atoms with E-state index in [4.69, 9.17) is 0 Å². The number of nitrogens with one attached hydrogen (secondary N) is 1. The van der Waals surface area contributed by atoms with Crippen molar-refractivity contribution in [1.29, 1.82) is 0 Å². The quantitative estimate of drug-likeness (QED) is 0.608. The summed E-state index contributed by atoms with van der Waals surface area (Å²) in [6.07, 6.45) is 1.58. The van der Waals surface area contributed by atoms with Crippen LogP contribution in [0.2, 0.25) is 0 Å². The number of rotatable bonds is 6. The number of aromatic nitrogens is 1. The van der Waals surface area contributed by atoms with Crippen molar-refractivity contribution >= 4 is 11.8 Å². The fourth-order valence-electron chi connectivity index (χ4n) is 4.23. The van der Waals surface area contributed by atoms with Crippen LogP contribution in [-0.2, 0) is 6.18 Å². The maximum absolute atomic E-state index is 13.0. The normalized spacial score (nSPS) is 23.3. The highest BCUT2D eigenvalue weighted by Crippen LogP contribution is 2.41. The van der Waals surface area contributed by atoms with Crippen molar-refractivity contribution in [3.8, 4) is 0 Å². The fraction of sp³-hybridized carbons (Fsp3) is 0.522. The first-order valence-electron chi connectivity index (χ1n) is 10.5. The number of hydrogen-bond acceptors (Lipinski definition) is 3. The second-order valence-electron chi connectivity index (χ2n) is 8.50. The zero-order chi connectivity index (χ0) is 21.3. The highest BCUT2D eigenvalue weighted by Gasteiger charge is 2.34. The Kier molecular flexibility index (Phi) is 6.30. The number of thioether (sulfide) groups is 1. The highest BCUT2D eigenvalue weighted by atomic mass is 32.2. The molecule has 1 aromatic heterocycles. The van der Waals surface area contributed by atoms with E-state index < -0.39 is 17.3 Å². The van der Waals surface area contributed by atoms with Crippen LogP contribution in [-0.4, -0.2) is 21.4 Å². The van der Waals surface area contributed by atoms with Crippen LogP contribution in [0, 0.1) is 5.92 Å². The number of aliphatic hydroxyl groups is 1. The van der Waals surface area contributed by atoms with E-state index in [0.717, 1.165) is 43.7 Å². The molecule has 3 nitrogen and oxygen atoms in total. The van der Waals surface area contributed by atoms with Crippen LogP contribution in [0.4, 0.5) is 13.2 Å². The van der Waals surface area contributed by atoms with Gasteiger partial charge >= 0.3 is 6.18 Å². The van der Waals surface area contributed by atoms with Gasteiger partial charge in [-0.2, -0.15) is 13.2 Å². The molecule has 0 aliphatic heterocycles. The summed E-state index contributed by atoms with van der Waals surface area (Å²) in [5.41, 5.74) is -0.745. The van der Waals surface area contributed by atoms with Crippen molar-refractivity contribution in [2.75, 3.05) is 0 Å². The van der Waals surface area contributed by atoms with E-state index in [1.165, 1.54) is 23.8 Å². The van der Waals surface area contributed by atoms with Crippen LogP contribution in [0.3, 0.4) is 0 Å². The maximum Gasteiger partial charge on any atom is 0.421 e. The standard InChI is InChI=1S/C23H26F3NO2S/c24-23(25,26)20-11-12-21(27-22(20)29)19(13-14-1-5-16(28)6-2-14)15-3-7-17(8-4-15)30-18-9-10-18/h3-4,7-8,11-12,14,16,18-19,28H,1-2,5-6,9-10,13H2,(H,27,29). The van der Waals surface area contributed by atoms with Gasteiger partial charge in [0.1, 0.15) is 5.56 Å². The van der Waals surface area contributed by atoms with Crippen LogP contribution >= 0.6 is 11.8 Å². The van der Waals surface area contributed by atoms with Gasteiger partial charge in [-0.25, -0.2) is 0 Å². The first-order valence-corrected chi connectivity index (χ1v) is 11.4. The summed E-state index contributed by atoms with van der Waals surface area (Å²) < 4.78 is 39.1. The Labute approximate surface area is 178 Å². The number of alkyl halides is 3. The smallest absolute Gasteiger partial charge is 0.393 e. The highest BCUT2D eigenvalue weighted by molar-refractivity contribution is 8.00. The monoisotopic (exact) mass is 437 g/mol. The molecule has 0 amide bonds. The van der Waals surface area contributed by atoms with E-state index in [-0.39, 0.29) is 12.0 Å². The van der Waals surface area contributed by atoms with Crippen molar-refractivity contribution in [2.24, 2.45) is 5.92 Å². The van der Waals surface area contributed by atoms with Crippen LogP contribution < -0.4 is 5.56 Å². The second-order valence-corrected chi connectivity index (χ2v) is 9.88. The number of pyridine rings is 1. The van der Waals surface area contributed by atoms with Gasteiger partial charge in [0.2, 0.25) is 0 Å². The van der Waals surface area contributed by atoms with Gasteiger partial charge in [0, 0.05) is 21.8 Å². The molecular weight excluding hydrogens is 411 g/mol. The predicted molar refractivity (Wildman–Crippen MR) is 112 cm³/mol. The van der Waals surface area contributed by atoms with Gasteiger partial charge in [0.05, 0.1) is 6.10 Å². The number of benzene rings is 1. The summed E-state index contributed by atoms with van der Waals surface area (Å²) in [5.74, 6) is 0.185. The molecule has 2 fully saturated rings. The van der Waals surface area contributed by atoms with Crippen LogP contribution in [0.15, 0.2) is 46.1 Å². The molecule has 2 aliphatic carbocycles. The minimum absolute atomic E-state index is 0.180. The van der Waals surface area contributed by atoms with Gasteiger partial charge in [0.25, 0.3) is 5.56 Å². The zero-order valence-corrected chi connectivity index (χ0v) is 17.4. The Morgan fingerprint density at radius 3 is 2.23 bits per heavy atom. The topological polar surface area (TPSA) is 53.1 Å². The summed E-state index contributed by atoms with van der Waals surface area (Å²) >= 11 is 1.86. The fourth-order valence-corrected chi connectivity index (χ4v) is 5.28. The number of aliphatic hydroxyl groups excluding tert-OH is 1. The molecular formula is C23H26F3NO2S. The van der Waals surface area contributed by atoms with Gasteiger partial charge in [-0.05, 0) is 80.7 Å². The molecule has 2 aromatic rings. The molecule has 30 heavy (non-hydrogen) atoms. The van der Waals surface area contributed by atoms with Gasteiger partial charge in [0.15, 0.2) is 0 Å². The van der Waals surface area contributed by atoms with E-state index in [2.05, 4.69) is 17.1 Å². The van der Waals surface area contributed by atoms with Crippen molar-refractivity contribution in [3.63, 3.8) is 0 Å². The molecule has 4 rings (SSSR count). The Bertz CT molecular complexity index is 913. The molecule has 162 valence electrons. The average Bonchev–Trinajstić information content (AvgIpc) is 3.51. The third-order valence-electron chi connectivity index (χ3n) is 6.11. The Balaban J connectivity index is 1.61. The Morgan fingerprint density at radius 1 is 1.00 bits per heavy atom. The van der Waals surface area contributed by atoms with E-state index in [1.807, 2.05) is 23.9 Å². The van der Waals surface area contributed by atoms with Crippen LogP contribution in [0.25, 0.3) is 0 Å². The number of H-pyrrole nitrogens is 1. The minimum Gasteiger partial charge on any atom is -0.393 e. The van der Waals surface area contributed by atoms with E-state index in [1.54, 1.807) is 0 Å². The number of hydrogen-bond donors (Lipinski definition) is 2. The number of halogens is 3. The molecule has 1 atom stereocenters. The molecule has 0 spiro atoms. The van der Waals surface area contributed by atoms with E-state index in [9.17, 15) is 23.1 Å². The van der Waals surface area contributed by atoms with Gasteiger partial charge < -0.3 is 10.1 Å². The third-order valence-corrected chi connectivity index (χ3v) is 7.46. The molecule has 2 saturated carbocycles. The molecule has 2 N–H and O–H groups in total. The lowest BCUT2D eigenvalue weighted by Crippen LogP contribution is -2.24. The summed E-state index contributed by atoms with van der Waals surface area (Å²) in [5, 5.41) is 10.5. The molecule has 0 radical (unpaired) electrons. The Morgan fingerprint density at radius 2 is 1.67 bits per heavy atom. The van der Waals surface area contributed by atoms with E-state index >= 15 is 0 Å². The molecule has 1 unspecified atom stereocenters. The second kappa shape index (κ2) is 8.79. The molecule has 1 heterocycles. The van der Waals surface area contributed by atoms with E-state index in [0.29, 0.717) is 16.9 Å². The molecule has 0 saturated heterocycles. The summed E-state index contributed by atoms with van der Waals surface area (Å²) in [6.45, 7) is 0. The average molecular weight is 438 g/mol. The van der Waals surface area contributed by atoms with Crippen molar-refractivity contribution in [1.82, 2.24) is 4.98 Å². The van der Waals surface area contributed by atoms with Crippen molar-refractivity contribution in [3.05, 3.63) is 63.6 Å². The molecule has 7 heteroatoms. The largest absolute Gasteiger partial charge is 0.421 e. The molecule has 1 aromatic carbocycles. The lowest BCUT2D eigenvalue weighted by molar-refractivity contribution is -0.138. The lowest BCUT2D eigenvalue weighted by atomic mass is 9.78. The van der Waals surface area contributed by atoms with Gasteiger partial charge in [-0.3, -0.25) is 4.79 Å². The zero-order valence-electron chi connectivity index (χ0n) is 16.6. The third kappa shape index (κ3) is 5.30. The predicted octanol–water partition coefficient (Wildman–Crippen LogP) is 5.72. The lowest BCUT2D eigenvalue weighted by Gasteiger charge is -2.29. The Hall–Kier alpha value is -1.73. The summed E-state index contributed by atoms with van der Waals surface area (Å²) in [7, 11) is 0. The van der Waals surface area contributed by atoms with Gasteiger partial charge in [-0.15, -0.1) is 11.8 Å². The first kappa shape index (κ1) is 21.5. The summed E-state index contributed by atoms with van der Waals surface area (Å²) in [4.78, 5) is 15.8. The van der Waals surface area contributed by atoms with Gasteiger partial charge in [-0.1, -0.05) is 12.1 Å². The first-order chi connectivity index (χ1) is 14.3.